The van der Waals surface area contributed by atoms with Crippen LogP contribution in [-0.2, 0) is 0 Å². The highest BCUT2D eigenvalue weighted by molar-refractivity contribution is 5.17. The van der Waals surface area contributed by atoms with Gasteiger partial charge >= 0.3 is 0 Å². The van der Waals surface area contributed by atoms with Gasteiger partial charge in [0.15, 0.2) is 0 Å². The van der Waals surface area contributed by atoms with Crippen LogP contribution in [-0.4, -0.2) is 9.55 Å². The molecule has 0 fully saturated rings. The highest BCUT2D eigenvalue weighted by atomic mass is 14.9. The lowest BCUT2D eigenvalue weighted by molar-refractivity contribution is 1.18. The standard InChI is InChI=1S/C6H7N.C5H5N/c1-2-7-5-3-4-6-7;1-2-4-6-5-3-1/h2-6H,1H2;1-5H. The van der Waals surface area contributed by atoms with E-state index in [1.54, 1.807) is 18.6 Å². The van der Waals surface area contributed by atoms with Crippen LogP contribution in [0.1, 0.15) is 0 Å². The van der Waals surface area contributed by atoms with Crippen molar-refractivity contribution in [2.45, 2.75) is 0 Å². The van der Waals surface area contributed by atoms with Gasteiger partial charge in [-0.3, -0.25) is 4.98 Å². The first kappa shape index (κ1) is 9.26. The van der Waals surface area contributed by atoms with Crippen LogP contribution in [0.5, 0.6) is 0 Å². The summed E-state index contributed by atoms with van der Waals surface area (Å²) in [6.07, 6.45) is 9.12. The maximum atomic E-state index is 3.78. The molecular weight excluding hydrogens is 160 g/mol. The van der Waals surface area contributed by atoms with Crippen LogP contribution in [0.4, 0.5) is 0 Å². The van der Waals surface area contributed by atoms with Crippen LogP contribution in [0.3, 0.4) is 0 Å². The fourth-order valence-electron chi connectivity index (χ4n) is 0.782. The van der Waals surface area contributed by atoms with E-state index in [9.17, 15) is 0 Å². The van der Waals surface area contributed by atoms with E-state index in [1.165, 1.54) is 0 Å². The number of hydrogen-bond donors (Lipinski definition) is 0. The average molecular weight is 172 g/mol. The van der Waals surface area contributed by atoms with E-state index in [2.05, 4.69) is 11.6 Å². The molecule has 0 saturated heterocycles. The Morgan fingerprint density at radius 2 is 1.54 bits per heavy atom. The van der Waals surface area contributed by atoms with Crippen molar-refractivity contribution >= 4 is 6.20 Å². The highest BCUT2D eigenvalue weighted by Gasteiger charge is 1.71. The zero-order valence-electron chi connectivity index (χ0n) is 7.38. The molecule has 2 nitrogen and oxygen atoms in total. The molecule has 2 heteroatoms. The molecule has 0 saturated carbocycles. The Morgan fingerprint density at radius 1 is 0.923 bits per heavy atom. The first-order chi connectivity index (χ1) is 6.43. The minimum atomic E-state index is 1.75. The van der Waals surface area contributed by atoms with E-state index in [-0.39, 0.29) is 0 Å². The minimum absolute atomic E-state index is 1.75. The highest BCUT2D eigenvalue weighted by Crippen LogP contribution is 1.86. The van der Waals surface area contributed by atoms with Crippen molar-refractivity contribution in [2.75, 3.05) is 0 Å². The van der Waals surface area contributed by atoms with Crippen molar-refractivity contribution in [1.29, 1.82) is 0 Å². The Labute approximate surface area is 78.2 Å². The SMILES string of the molecule is C=Cn1cccc1.c1ccncc1. The van der Waals surface area contributed by atoms with E-state index in [0.29, 0.717) is 0 Å². The second kappa shape index (κ2) is 5.77. The predicted octanol–water partition coefficient (Wildman–Crippen LogP) is 2.67. The van der Waals surface area contributed by atoms with Crippen LogP contribution in [0.25, 0.3) is 6.20 Å². The van der Waals surface area contributed by atoms with Crippen molar-refractivity contribution < 1.29 is 0 Å². The fraction of sp³-hybridized carbons (Fsp3) is 0. The van der Waals surface area contributed by atoms with Gasteiger partial charge in [-0.1, -0.05) is 12.6 Å². The number of hydrogen-bond acceptors (Lipinski definition) is 1. The molecule has 0 unspecified atom stereocenters. The fourth-order valence-corrected chi connectivity index (χ4v) is 0.782. The summed E-state index contributed by atoms with van der Waals surface area (Å²) in [4.78, 5) is 3.78. The Balaban J connectivity index is 0.000000132. The van der Waals surface area contributed by atoms with Crippen LogP contribution >= 0.6 is 0 Å². The molecule has 0 N–H and O–H groups in total. The number of rotatable bonds is 1. The van der Waals surface area contributed by atoms with Gasteiger partial charge in [0.05, 0.1) is 0 Å². The molecule has 0 aliphatic rings. The van der Waals surface area contributed by atoms with Crippen LogP contribution < -0.4 is 0 Å². The molecule has 2 rings (SSSR count). The van der Waals surface area contributed by atoms with Gasteiger partial charge in [-0.05, 0) is 24.3 Å². The Morgan fingerprint density at radius 3 is 1.77 bits per heavy atom. The third kappa shape index (κ3) is 3.91. The molecule has 0 aromatic carbocycles. The lowest BCUT2D eigenvalue weighted by Gasteiger charge is -1.82. The number of nitrogens with zero attached hydrogens (tertiary/aromatic N) is 2. The van der Waals surface area contributed by atoms with Crippen LogP contribution in [0.15, 0.2) is 61.7 Å². The normalized spacial score (nSPS) is 8.31. The van der Waals surface area contributed by atoms with Gasteiger partial charge in [0.2, 0.25) is 0 Å². The summed E-state index contributed by atoms with van der Waals surface area (Å²) >= 11 is 0. The summed E-state index contributed by atoms with van der Waals surface area (Å²) in [6, 6.07) is 9.64. The van der Waals surface area contributed by atoms with Crippen molar-refractivity contribution in [3.63, 3.8) is 0 Å². The van der Waals surface area contributed by atoms with E-state index < -0.39 is 0 Å². The zero-order valence-corrected chi connectivity index (χ0v) is 7.38. The van der Waals surface area contributed by atoms with Crippen molar-refractivity contribution in [2.24, 2.45) is 0 Å². The van der Waals surface area contributed by atoms with Gasteiger partial charge < -0.3 is 4.57 Å². The summed E-state index contributed by atoms with van der Waals surface area (Å²) in [6.45, 7) is 3.57. The lowest BCUT2D eigenvalue weighted by Crippen LogP contribution is -1.72. The Kier molecular flexibility index (Phi) is 4.11. The maximum Gasteiger partial charge on any atom is 0.0267 e. The van der Waals surface area contributed by atoms with Gasteiger partial charge in [0, 0.05) is 31.0 Å². The molecule has 0 aliphatic carbocycles. The zero-order chi connectivity index (χ0) is 9.36. The molecule has 0 bridgehead atoms. The Hall–Kier alpha value is -1.83. The van der Waals surface area contributed by atoms with Gasteiger partial charge in [0.25, 0.3) is 0 Å². The maximum absolute atomic E-state index is 3.78. The molecule has 0 amide bonds. The first-order valence-corrected chi connectivity index (χ1v) is 4.03. The number of aromatic nitrogens is 2. The number of pyridine rings is 1. The summed E-state index contributed by atoms with van der Waals surface area (Å²) < 4.78 is 1.89. The molecule has 2 heterocycles. The molecule has 0 atom stereocenters. The van der Waals surface area contributed by atoms with Crippen molar-refractivity contribution in [3.05, 3.63) is 61.7 Å². The quantitative estimate of drug-likeness (QED) is 0.646. The third-order valence-corrected chi connectivity index (χ3v) is 1.40. The second-order valence-corrected chi connectivity index (χ2v) is 2.34. The van der Waals surface area contributed by atoms with Crippen molar-refractivity contribution in [1.82, 2.24) is 9.55 Å². The molecular formula is C11H12N2. The predicted molar refractivity (Wildman–Crippen MR) is 55.1 cm³/mol. The largest absolute Gasteiger partial charge is 0.331 e. The molecule has 2 aromatic rings. The van der Waals surface area contributed by atoms with Gasteiger partial charge in [0.1, 0.15) is 0 Å². The van der Waals surface area contributed by atoms with E-state index in [0.717, 1.165) is 0 Å². The molecule has 0 radical (unpaired) electrons. The average Bonchev–Trinajstić information content (AvgIpc) is 2.74. The smallest absolute Gasteiger partial charge is 0.0267 e. The van der Waals surface area contributed by atoms with Gasteiger partial charge in [-0.2, -0.15) is 0 Å². The Bertz CT molecular complexity index is 284. The van der Waals surface area contributed by atoms with E-state index in [1.807, 2.05) is 47.3 Å². The lowest BCUT2D eigenvalue weighted by atomic mass is 10.5. The second-order valence-electron chi connectivity index (χ2n) is 2.34. The molecule has 2 aromatic heterocycles. The monoisotopic (exact) mass is 172 g/mol. The molecule has 0 aliphatic heterocycles. The third-order valence-electron chi connectivity index (χ3n) is 1.40. The summed E-state index contributed by atoms with van der Waals surface area (Å²) in [5.74, 6) is 0. The van der Waals surface area contributed by atoms with E-state index >= 15 is 0 Å². The first-order valence-electron chi connectivity index (χ1n) is 4.03. The molecule has 0 spiro atoms. The van der Waals surface area contributed by atoms with Gasteiger partial charge in [-0.15, -0.1) is 0 Å². The molecule has 13 heavy (non-hydrogen) atoms. The molecule has 66 valence electrons. The van der Waals surface area contributed by atoms with Crippen molar-refractivity contribution in [3.8, 4) is 0 Å². The minimum Gasteiger partial charge on any atom is -0.331 e. The summed E-state index contributed by atoms with van der Waals surface area (Å²) in [5, 5.41) is 0. The van der Waals surface area contributed by atoms with Gasteiger partial charge in [-0.25, -0.2) is 0 Å². The van der Waals surface area contributed by atoms with Crippen LogP contribution in [0.2, 0.25) is 0 Å². The topological polar surface area (TPSA) is 17.8 Å². The van der Waals surface area contributed by atoms with E-state index in [4.69, 9.17) is 0 Å². The summed E-state index contributed by atoms with van der Waals surface area (Å²) in [5.41, 5.74) is 0. The summed E-state index contributed by atoms with van der Waals surface area (Å²) in [7, 11) is 0. The van der Waals surface area contributed by atoms with Crippen LogP contribution in [0, 0.1) is 0 Å².